The van der Waals surface area contributed by atoms with Gasteiger partial charge in [0.1, 0.15) is 0 Å². The fourth-order valence-corrected chi connectivity index (χ4v) is 5.91. The highest BCUT2D eigenvalue weighted by Crippen LogP contribution is 2.53. The molecule has 0 radical (unpaired) electrons. The van der Waals surface area contributed by atoms with Crippen LogP contribution in [0.25, 0.3) is 10.1 Å². The first-order valence-corrected chi connectivity index (χ1v) is 9.71. The summed E-state index contributed by atoms with van der Waals surface area (Å²) in [5.41, 5.74) is 0.210. The van der Waals surface area contributed by atoms with Crippen molar-refractivity contribution in [3.05, 3.63) is 33.9 Å². The van der Waals surface area contributed by atoms with Crippen molar-refractivity contribution in [1.82, 2.24) is 10.2 Å². The predicted molar refractivity (Wildman–Crippen MR) is 102 cm³/mol. The molecule has 3 aliphatic heterocycles. The Bertz CT molecular complexity index is 843. The SMILES string of the molecule is Cl.O=C(N[C@@H]1C2CCN(CC2)C12CC2)c1cc2ccc(Cl)c(F)c2s1. The minimum atomic E-state index is -0.431. The van der Waals surface area contributed by atoms with E-state index in [2.05, 4.69) is 10.2 Å². The zero-order chi connectivity index (χ0) is 16.5. The van der Waals surface area contributed by atoms with Gasteiger partial charge in [-0.05, 0) is 62.2 Å². The molecule has 1 atom stereocenters. The van der Waals surface area contributed by atoms with E-state index in [-0.39, 0.29) is 34.9 Å². The molecule has 1 aromatic heterocycles. The molecule has 1 amide bonds. The molecule has 1 aliphatic carbocycles. The zero-order valence-electron chi connectivity index (χ0n) is 13.6. The molecule has 2 aromatic rings. The molecule has 2 bridgehead atoms. The average Bonchev–Trinajstić information content (AvgIpc) is 3.24. The van der Waals surface area contributed by atoms with Crippen molar-refractivity contribution in [3.8, 4) is 0 Å². The van der Waals surface area contributed by atoms with Gasteiger partial charge in [-0.1, -0.05) is 17.7 Å². The fraction of sp³-hybridized carbons (Fsp3) is 0.500. The molecular weight excluding hydrogens is 382 g/mol. The van der Waals surface area contributed by atoms with Crippen molar-refractivity contribution >= 4 is 51.3 Å². The third-order valence-corrected chi connectivity index (χ3v) is 7.51. The van der Waals surface area contributed by atoms with E-state index in [0.29, 0.717) is 15.5 Å². The molecule has 1 aromatic carbocycles. The Hall–Kier alpha value is -0.880. The van der Waals surface area contributed by atoms with Gasteiger partial charge in [-0.2, -0.15) is 0 Å². The van der Waals surface area contributed by atoms with Gasteiger partial charge in [0, 0.05) is 5.54 Å². The number of carbonyl (C=O) groups is 1. The number of nitrogens with zero attached hydrogens (tertiary/aromatic N) is 1. The van der Waals surface area contributed by atoms with Gasteiger partial charge in [0.15, 0.2) is 5.82 Å². The van der Waals surface area contributed by atoms with E-state index in [1.54, 1.807) is 18.2 Å². The number of hydrogen-bond donors (Lipinski definition) is 1. The van der Waals surface area contributed by atoms with Crippen LogP contribution in [0.1, 0.15) is 35.4 Å². The van der Waals surface area contributed by atoms with E-state index in [1.807, 2.05) is 0 Å². The summed E-state index contributed by atoms with van der Waals surface area (Å²) in [4.78, 5) is 15.9. The van der Waals surface area contributed by atoms with Crippen LogP contribution in [0.4, 0.5) is 4.39 Å². The van der Waals surface area contributed by atoms with Gasteiger partial charge in [0.25, 0.3) is 5.91 Å². The third kappa shape index (κ3) is 2.59. The van der Waals surface area contributed by atoms with E-state index >= 15 is 0 Å². The number of nitrogens with one attached hydrogen (secondary N) is 1. The van der Waals surface area contributed by atoms with Gasteiger partial charge in [0.2, 0.25) is 0 Å². The van der Waals surface area contributed by atoms with Crippen LogP contribution in [0.15, 0.2) is 18.2 Å². The molecular formula is C18H19Cl2FN2OS. The highest BCUT2D eigenvalue weighted by Gasteiger charge is 2.60. The second-order valence-electron chi connectivity index (χ2n) is 7.27. The summed E-state index contributed by atoms with van der Waals surface area (Å²) in [7, 11) is 0. The van der Waals surface area contributed by atoms with E-state index in [0.717, 1.165) is 5.39 Å². The van der Waals surface area contributed by atoms with Crippen LogP contribution in [0.3, 0.4) is 0 Å². The van der Waals surface area contributed by atoms with Gasteiger partial charge in [-0.15, -0.1) is 23.7 Å². The van der Waals surface area contributed by atoms with Gasteiger partial charge in [0.05, 0.1) is 20.6 Å². The lowest BCUT2D eigenvalue weighted by Crippen LogP contribution is -2.65. The lowest BCUT2D eigenvalue weighted by atomic mass is 9.77. The van der Waals surface area contributed by atoms with Crippen LogP contribution >= 0.6 is 35.3 Å². The fourth-order valence-electron chi connectivity index (χ4n) is 4.69. The highest BCUT2D eigenvalue weighted by atomic mass is 35.5. The highest BCUT2D eigenvalue weighted by molar-refractivity contribution is 7.20. The Morgan fingerprint density at radius 1 is 1.32 bits per heavy atom. The molecule has 1 saturated carbocycles. The Kier molecular flexibility index (Phi) is 4.27. The molecule has 25 heavy (non-hydrogen) atoms. The molecule has 4 heterocycles. The molecule has 1 N–H and O–H groups in total. The maximum absolute atomic E-state index is 14.1. The predicted octanol–water partition coefficient (Wildman–Crippen LogP) is 4.47. The lowest BCUT2D eigenvalue weighted by Gasteiger charge is -2.52. The van der Waals surface area contributed by atoms with Crippen molar-refractivity contribution in [2.45, 2.75) is 37.3 Å². The summed E-state index contributed by atoms with van der Waals surface area (Å²) in [5, 5.41) is 4.13. The third-order valence-electron chi connectivity index (χ3n) is 6.07. The molecule has 7 heteroatoms. The first-order chi connectivity index (χ1) is 11.6. The molecule has 4 fully saturated rings. The summed E-state index contributed by atoms with van der Waals surface area (Å²) in [6, 6.07) is 5.33. The van der Waals surface area contributed by atoms with Crippen LogP contribution in [0.2, 0.25) is 5.02 Å². The number of thiophene rings is 1. The number of amides is 1. The Labute approximate surface area is 160 Å². The van der Waals surface area contributed by atoms with Gasteiger partial charge >= 0.3 is 0 Å². The summed E-state index contributed by atoms with van der Waals surface area (Å²) in [6.07, 6.45) is 4.71. The normalized spacial score (nSPS) is 28.8. The topological polar surface area (TPSA) is 32.3 Å². The van der Waals surface area contributed by atoms with Gasteiger partial charge in [-0.3, -0.25) is 9.69 Å². The molecule has 134 valence electrons. The lowest BCUT2D eigenvalue weighted by molar-refractivity contribution is -0.00138. The Balaban J connectivity index is 0.00000157. The van der Waals surface area contributed by atoms with Crippen LogP contribution in [0.5, 0.6) is 0 Å². The molecule has 3 saturated heterocycles. The first kappa shape index (κ1) is 17.5. The summed E-state index contributed by atoms with van der Waals surface area (Å²) in [5.74, 6) is 0.0819. The maximum atomic E-state index is 14.1. The van der Waals surface area contributed by atoms with Crippen molar-refractivity contribution < 1.29 is 9.18 Å². The Morgan fingerprint density at radius 3 is 2.72 bits per heavy atom. The van der Waals surface area contributed by atoms with Crippen molar-refractivity contribution in [2.75, 3.05) is 13.1 Å². The van der Waals surface area contributed by atoms with Crippen molar-refractivity contribution in [3.63, 3.8) is 0 Å². The number of carbonyl (C=O) groups excluding carboxylic acids is 1. The number of benzene rings is 1. The van der Waals surface area contributed by atoms with Crippen LogP contribution in [-0.4, -0.2) is 35.5 Å². The molecule has 4 aliphatic rings. The second-order valence-corrected chi connectivity index (χ2v) is 8.73. The van der Waals surface area contributed by atoms with Crippen LogP contribution in [0, 0.1) is 11.7 Å². The summed E-state index contributed by atoms with van der Waals surface area (Å²) < 4.78 is 14.6. The van der Waals surface area contributed by atoms with Crippen LogP contribution in [-0.2, 0) is 0 Å². The first-order valence-electron chi connectivity index (χ1n) is 8.52. The van der Waals surface area contributed by atoms with Gasteiger partial charge < -0.3 is 5.32 Å². The summed E-state index contributed by atoms with van der Waals surface area (Å²) >= 11 is 7.04. The standard InChI is InChI=1S/C18H18ClFN2OS.ClH/c19-12-2-1-11-9-13(24-15(11)14(12)20)17(23)21-16-10-3-7-22(8-4-10)18(16)5-6-18;/h1-2,9-10,16H,3-8H2,(H,21,23);1H/t16-;/m1./s1. The largest absolute Gasteiger partial charge is 0.346 e. The van der Waals surface area contributed by atoms with E-state index in [1.165, 1.54) is 50.1 Å². The summed E-state index contributed by atoms with van der Waals surface area (Å²) in [6.45, 7) is 2.34. The minimum Gasteiger partial charge on any atom is -0.346 e. The van der Waals surface area contributed by atoms with E-state index in [4.69, 9.17) is 11.6 Å². The molecule has 0 unspecified atom stereocenters. The van der Waals surface area contributed by atoms with Crippen molar-refractivity contribution in [1.29, 1.82) is 0 Å². The zero-order valence-corrected chi connectivity index (χ0v) is 15.9. The Morgan fingerprint density at radius 2 is 2.04 bits per heavy atom. The van der Waals surface area contributed by atoms with E-state index < -0.39 is 5.82 Å². The average molecular weight is 401 g/mol. The quantitative estimate of drug-likeness (QED) is 0.805. The monoisotopic (exact) mass is 400 g/mol. The van der Waals surface area contributed by atoms with Gasteiger partial charge in [-0.25, -0.2) is 4.39 Å². The second kappa shape index (κ2) is 6.08. The number of rotatable bonds is 2. The van der Waals surface area contributed by atoms with Crippen molar-refractivity contribution in [2.24, 2.45) is 5.92 Å². The number of piperidine rings is 3. The number of halogens is 3. The smallest absolute Gasteiger partial charge is 0.261 e. The number of fused-ring (bicyclic) bond motifs is 3. The number of hydrogen-bond acceptors (Lipinski definition) is 3. The minimum absolute atomic E-state index is 0. The molecule has 3 nitrogen and oxygen atoms in total. The maximum Gasteiger partial charge on any atom is 0.261 e. The molecule has 1 spiro atoms. The molecule has 6 rings (SSSR count). The van der Waals surface area contributed by atoms with E-state index in [9.17, 15) is 9.18 Å². The van der Waals surface area contributed by atoms with Crippen LogP contribution < -0.4 is 5.32 Å².